The van der Waals surface area contributed by atoms with Crippen molar-refractivity contribution < 1.29 is 64.5 Å². The second-order valence-electron chi connectivity index (χ2n) is 20.4. The molecule has 0 radical (unpaired) electrons. The molecule has 3 N–H and O–H groups in total. The van der Waals surface area contributed by atoms with Gasteiger partial charge in [-0.2, -0.15) is 13.2 Å². The predicted molar refractivity (Wildman–Crippen MR) is 241 cm³/mol. The first kappa shape index (κ1) is 49.5. The van der Waals surface area contributed by atoms with Gasteiger partial charge in [-0.15, -0.1) is 0 Å². The SMILES string of the molecule is CCCCCC=CC1CC1(NC(=O)C1CC2(COc3c(c(C(F)(F)F)nc4ccc(OCCCN5C6CCC5COC6)cc34)O2)CN1C(=O)CNC(=O)OC(C)(C)C)C(=O)NS(=O)(=O)C1(C)CC1. The van der Waals surface area contributed by atoms with Gasteiger partial charge < -0.3 is 39.2 Å². The number of halogens is 3. The highest BCUT2D eigenvalue weighted by atomic mass is 32.2. The fraction of sp³-hybridized carbons (Fsp3) is 0.681. The fourth-order valence-corrected chi connectivity index (χ4v) is 11.0. The lowest BCUT2D eigenvalue weighted by atomic mass is 9.98. The Morgan fingerprint density at radius 3 is 2.43 bits per heavy atom. The molecule has 5 heterocycles. The third-order valence-corrected chi connectivity index (χ3v) is 16.1. The zero-order valence-electron chi connectivity index (χ0n) is 39.3. The number of amides is 4. The Bertz CT molecular complexity index is 2410. The van der Waals surface area contributed by atoms with Crippen LogP contribution in [0, 0.1) is 5.92 Å². The lowest BCUT2D eigenvalue weighted by Crippen LogP contribution is -2.57. The molecule has 6 atom stereocenters. The number of allylic oxidation sites excluding steroid dienone is 1. The molecule has 68 heavy (non-hydrogen) atoms. The summed E-state index contributed by atoms with van der Waals surface area (Å²) in [5, 5.41) is 5.32. The van der Waals surface area contributed by atoms with E-state index in [0.717, 1.165) is 43.5 Å². The van der Waals surface area contributed by atoms with Gasteiger partial charge in [0.15, 0.2) is 22.8 Å². The summed E-state index contributed by atoms with van der Waals surface area (Å²) >= 11 is 0. The third kappa shape index (κ3) is 10.5. The van der Waals surface area contributed by atoms with Crippen LogP contribution < -0.4 is 29.6 Å². The van der Waals surface area contributed by atoms with E-state index < -0.39 is 111 Å². The molecule has 2 aliphatic carbocycles. The van der Waals surface area contributed by atoms with Gasteiger partial charge in [0.25, 0.3) is 5.91 Å². The van der Waals surface area contributed by atoms with Crippen LogP contribution in [0.5, 0.6) is 17.2 Å². The van der Waals surface area contributed by atoms with E-state index in [2.05, 4.69) is 32.2 Å². The standard InChI is InChI=1S/C47H63F3N6O11S/c1-6-7-8-9-10-12-29-22-46(29,41(59)54-68(61,62)44(5)17-18-44)53-40(58)35-23-45(27-56(35)36(57)24-51-42(60)67-43(2,3)4)28-65-37-33-21-32(15-16-34(33)52-39(38(37)66-45)47(48,49)50)64-20-11-19-55-30-13-14-31(55)26-63-25-30/h10,12,15-16,21,29-31,35H,6-9,11,13-14,17-20,22-28H2,1-5H3,(H,51,60)(H,53,58)(H,54,59). The molecule has 1 aromatic carbocycles. The average Bonchev–Trinajstić information content (AvgIpc) is 4.14. The van der Waals surface area contributed by atoms with E-state index >= 15 is 0 Å². The molecule has 4 aliphatic heterocycles. The molecule has 17 nitrogen and oxygen atoms in total. The maximum Gasteiger partial charge on any atom is 0.437 e. The lowest BCUT2D eigenvalue weighted by Gasteiger charge is -2.36. The maximum absolute atomic E-state index is 14.9. The number of ether oxygens (including phenoxy) is 5. The van der Waals surface area contributed by atoms with Gasteiger partial charge in [-0.1, -0.05) is 31.9 Å². The monoisotopic (exact) mass is 976 g/mol. The van der Waals surface area contributed by atoms with E-state index in [1.807, 2.05) is 6.08 Å². The molecule has 2 aromatic rings. The van der Waals surface area contributed by atoms with Crippen molar-refractivity contribution in [1.29, 1.82) is 0 Å². The number of sulfonamides is 1. The van der Waals surface area contributed by atoms with Gasteiger partial charge in [0, 0.05) is 36.4 Å². The van der Waals surface area contributed by atoms with Gasteiger partial charge in [0.05, 0.1) is 36.6 Å². The molecule has 2 saturated carbocycles. The Kier molecular flexibility index (Phi) is 13.7. The molecule has 4 amide bonds. The van der Waals surface area contributed by atoms with Crippen molar-refractivity contribution in [1.82, 2.24) is 30.1 Å². The highest BCUT2D eigenvalue weighted by Crippen LogP contribution is 2.51. The molecule has 5 fully saturated rings. The number of morpholine rings is 1. The number of unbranched alkanes of at least 4 members (excludes halogenated alkanes) is 3. The van der Waals surface area contributed by atoms with Gasteiger partial charge in [-0.05, 0) is 97.3 Å². The summed E-state index contributed by atoms with van der Waals surface area (Å²) in [5.74, 6) is -3.84. The number of nitrogens with zero attached hydrogens (tertiary/aromatic N) is 3. The highest BCUT2D eigenvalue weighted by Gasteiger charge is 2.64. The number of alkyl carbamates (subject to hydrolysis) is 1. The zero-order chi connectivity index (χ0) is 48.9. The summed E-state index contributed by atoms with van der Waals surface area (Å²) in [5.41, 5.74) is -5.80. The minimum Gasteiger partial charge on any atom is -0.494 e. The number of fused-ring (bicyclic) bond motifs is 5. The minimum atomic E-state index is -5.03. The summed E-state index contributed by atoms with van der Waals surface area (Å²) < 4.78 is 102. The average molecular weight is 977 g/mol. The van der Waals surface area contributed by atoms with Crippen LogP contribution in [0.4, 0.5) is 18.0 Å². The molecule has 374 valence electrons. The van der Waals surface area contributed by atoms with Crippen LogP contribution in [-0.4, -0.2) is 133 Å². The highest BCUT2D eigenvalue weighted by molar-refractivity contribution is 7.91. The summed E-state index contributed by atoms with van der Waals surface area (Å²) in [7, 11) is -4.13. The minimum absolute atomic E-state index is 0.0266. The van der Waals surface area contributed by atoms with Gasteiger partial charge in [-0.3, -0.25) is 24.0 Å². The van der Waals surface area contributed by atoms with Crippen LogP contribution in [0.2, 0.25) is 0 Å². The normalized spacial score (nSPS) is 27.3. The Labute approximate surface area is 394 Å². The topological polar surface area (TPSA) is 204 Å². The molecule has 2 bridgehead atoms. The smallest absolute Gasteiger partial charge is 0.437 e. The Morgan fingerprint density at radius 2 is 1.75 bits per heavy atom. The number of pyridine rings is 1. The summed E-state index contributed by atoms with van der Waals surface area (Å²) in [6.45, 7) is 9.49. The molecular formula is C47H63F3N6O11S. The predicted octanol–water partition coefficient (Wildman–Crippen LogP) is 5.53. The van der Waals surface area contributed by atoms with E-state index in [1.54, 1.807) is 39.0 Å². The summed E-state index contributed by atoms with van der Waals surface area (Å²) in [6, 6.07) is 3.80. The molecule has 8 rings (SSSR count). The fourth-order valence-electron chi connectivity index (χ4n) is 9.70. The Hall–Kier alpha value is -4.89. The van der Waals surface area contributed by atoms with E-state index in [0.29, 0.717) is 63.3 Å². The van der Waals surface area contributed by atoms with E-state index in [9.17, 15) is 40.8 Å². The number of rotatable bonds is 17. The molecule has 6 unspecified atom stereocenters. The van der Waals surface area contributed by atoms with Crippen molar-refractivity contribution in [3.05, 3.63) is 36.0 Å². The molecule has 21 heteroatoms. The Morgan fingerprint density at radius 1 is 1.01 bits per heavy atom. The van der Waals surface area contributed by atoms with Crippen molar-refractivity contribution in [2.24, 2.45) is 5.92 Å². The van der Waals surface area contributed by atoms with Crippen LogP contribution in [-0.2, 0) is 40.1 Å². The molecule has 1 aromatic heterocycles. The summed E-state index contributed by atoms with van der Waals surface area (Å²) in [4.78, 5) is 62.9. The van der Waals surface area contributed by atoms with Crippen molar-refractivity contribution in [3.63, 3.8) is 0 Å². The van der Waals surface area contributed by atoms with E-state index in [4.69, 9.17) is 23.7 Å². The van der Waals surface area contributed by atoms with Crippen LogP contribution in [0.25, 0.3) is 10.9 Å². The van der Waals surface area contributed by atoms with E-state index in [1.165, 1.54) is 13.0 Å². The molecule has 3 saturated heterocycles. The number of hydrogen-bond donors (Lipinski definition) is 3. The van der Waals surface area contributed by atoms with Gasteiger partial charge in [0.1, 0.15) is 36.1 Å². The van der Waals surface area contributed by atoms with E-state index in [-0.39, 0.29) is 23.1 Å². The number of carbonyl (C=O) groups excluding carboxylic acids is 4. The van der Waals surface area contributed by atoms with Gasteiger partial charge >= 0.3 is 12.3 Å². The van der Waals surface area contributed by atoms with Crippen LogP contribution in [0.3, 0.4) is 0 Å². The quantitative estimate of drug-likeness (QED) is 0.132. The van der Waals surface area contributed by atoms with Crippen molar-refractivity contribution >= 4 is 44.7 Å². The zero-order valence-corrected chi connectivity index (χ0v) is 40.1. The van der Waals surface area contributed by atoms with Crippen molar-refractivity contribution in [2.75, 3.05) is 46.1 Å². The van der Waals surface area contributed by atoms with Crippen LogP contribution in [0.15, 0.2) is 30.4 Å². The first-order valence-electron chi connectivity index (χ1n) is 23.7. The lowest BCUT2D eigenvalue weighted by molar-refractivity contribution is -0.145. The molecule has 1 spiro atoms. The van der Waals surface area contributed by atoms with Gasteiger partial charge in [0.2, 0.25) is 21.8 Å². The second kappa shape index (κ2) is 18.8. The number of hydrogen-bond acceptors (Lipinski definition) is 13. The number of nitrogens with one attached hydrogen (secondary N) is 3. The van der Waals surface area contributed by atoms with Crippen molar-refractivity contribution in [3.8, 4) is 17.2 Å². The number of likely N-dealkylation sites (tertiary alicyclic amines) is 1. The second-order valence-corrected chi connectivity index (χ2v) is 22.6. The number of alkyl halides is 3. The van der Waals surface area contributed by atoms with Crippen LogP contribution >= 0.6 is 0 Å². The number of benzene rings is 1. The van der Waals surface area contributed by atoms with Crippen LogP contribution in [0.1, 0.15) is 111 Å². The van der Waals surface area contributed by atoms with Crippen molar-refractivity contribution in [2.45, 2.75) is 151 Å². The first-order chi connectivity index (χ1) is 32.1. The largest absolute Gasteiger partial charge is 0.494 e. The van der Waals surface area contributed by atoms with Gasteiger partial charge in [-0.25, -0.2) is 18.2 Å². The third-order valence-electron chi connectivity index (χ3n) is 13.9. The number of carbonyl (C=O) groups is 4. The maximum atomic E-state index is 14.9. The molecule has 6 aliphatic rings. The number of aromatic nitrogens is 1. The molecular weight excluding hydrogens is 914 g/mol. The Balaban J connectivity index is 1.05. The summed E-state index contributed by atoms with van der Waals surface area (Å²) in [6.07, 6.45) is 4.47. The first-order valence-corrected chi connectivity index (χ1v) is 25.2.